The third-order valence-electron chi connectivity index (χ3n) is 5.45. The van der Waals surface area contributed by atoms with Crippen molar-refractivity contribution in [2.24, 2.45) is 0 Å². The SMILES string of the molecule is CCN(C1CCCCC1)S(=O)(=O)c1cn(C2CCCC2)nc1C. The molecule has 2 saturated carbocycles. The number of sulfonamides is 1. The first-order valence-electron chi connectivity index (χ1n) is 9.11. The fourth-order valence-electron chi connectivity index (χ4n) is 4.19. The molecule has 23 heavy (non-hydrogen) atoms. The van der Waals surface area contributed by atoms with Gasteiger partial charge in [-0.05, 0) is 32.6 Å². The summed E-state index contributed by atoms with van der Waals surface area (Å²) in [5, 5.41) is 4.53. The Hall–Kier alpha value is -0.880. The molecule has 0 spiro atoms. The highest BCUT2D eigenvalue weighted by atomic mass is 32.2. The Labute approximate surface area is 140 Å². The second-order valence-electron chi connectivity index (χ2n) is 7.00. The van der Waals surface area contributed by atoms with Gasteiger partial charge in [-0.2, -0.15) is 9.40 Å². The van der Waals surface area contributed by atoms with Gasteiger partial charge in [0.15, 0.2) is 0 Å². The van der Waals surface area contributed by atoms with Gasteiger partial charge in [0.1, 0.15) is 4.90 Å². The summed E-state index contributed by atoms with van der Waals surface area (Å²) < 4.78 is 30.0. The number of aryl methyl sites for hydroxylation is 1. The van der Waals surface area contributed by atoms with Crippen LogP contribution >= 0.6 is 0 Å². The summed E-state index contributed by atoms with van der Waals surface area (Å²) in [6.07, 6.45) is 11.9. The Morgan fingerprint density at radius 3 is 2.35 bits per heavy atom. The van der Waals surface area contributed by atoms with E-state index in [0.29, 0.717) is 23.2 Å². The van der Waals surface area contributed by atoms with E-state index in [2.05, 4.69) is 5.10 Å². The van der Waals surface area contributed by atoms with E-state index in [-0.39, 0.29) is 6.04 Å². The molecule has 1 aromatic rings. The molecule has 3 rings (SSSR count). The average molecular weight is 340 g/mol. The lowest BCUT2D eigenvalue weighted by Gasteiger charge is -2.32. The van der Waals surface area contributed by atoms with Gasteiger partial charge in [0, 0.05) is 18.8 Å². The Balaban J connectivity index is 1.88. The van der Waals surface area contributed by atoms with Gasteiger partial charge in [0.2, 0.25) is 10.0 Å². The number of rotatable bonds is 5. The van der Waals surface area contributed by atoms with Crippen LogP contribution in [0.15, 0.2) is 11.1 Å². The zero-order valence-corrected chi connectivity index (χ0v) is 15.2. The number of nitrogens with zero attached hydrogens (tertiary/aromatic N) is 3. The van der Waals surface area contributed by atoms with Gasteiger partial charge >= 0.3 is 0 Å². The normalized spacial score (nSPS) is 21.3. The van der Waals surface area contributed by atoms with Crippen LogP contribution in [0.3, 0.4) is 0 Å². The molecule has 0 bridgehead atoms. The largest absolute Gasteiger partial charge is 0.268 e. The average Bonchev–Trinajstić information content (AvgIpc) is 3.18. The van der Waals surface area contributed by atoms with E-state index < -0.39 is 10.0 Å². The van der Waals surface area contributed by atoms with Gasteiger partial charge in [0.05, 0.1) is 11.7 Å². The van der Waals surface area contributed by atoms with Crippen molar-refractivity contribution in [1.29, 1.82) is 0 Å². The first-order valence-corrected chi connectivity index (χ1v) is 10.6. The lowest BCUT2D eigenvalue weighted by molar-refractivity contribution is 0.261. The topological polar surface area (TPSA) is 55.2 Å². The third kappa shape index (κ3) is 3.33. The summed E-state index contributed by atoms with van der Waals surface area (Å²) in [6.45, 7) is 4.32. The van der Waals surface area contributed by atoms with Crippen molar-refractivity contribution in [3.63, 3.8) is 0 Å². The van der Waals surface area contributed by atoms with E-state index in [1.807, 2.05) is 18.5 Å². The second kappa shape index (κ2) is 6.93. The molecule has 0 saturated heterocycles. The predicted octanol–water partition coefficient (Wildman–Crippen LogP) is 3.65. The van der Waals surface area contributed by atoms with Crippen LogP contribution in [0.2, 0.25) is 0 Å². The van der Waals surface area contributed by atoms with Crippen LogP contribution in [0.5, 0.6) is 0 Å². The maximum Gasteiger partial charge on any atom is 0.246 e. The molecule has 5 nitrogen and oxygen atoms in total. The molecule has 0 atom stereocenters. The molecular weight excluding hydrogens is 310 g/mol. The molecule has 2 fully saturated rings. The molecule has 0 unspecified atom stereocenters. The van der Waals surface area contributed by atoms with Crippen LogP contribution in [0, 0.1) is 6.92 Å². The van der Waals surface area contributed by atoms with Crippen molar-refractivity contribution in [3.8, 4) is 0 Å². The highest BCUT2D eigenvalue weighted by molar-refractivity contribution is 7.89. The van der Waals surface area contributed by atoms with Crippen LogP contribution in [0.1, 0.15) is 76.4 Å². The lowest BCUT2D eigenvalue weighted by Crippen LogP contribution is -2.41. The van der Waals surface area contributed by atoms with E-state index >= 15 is 0 Å². The van der Waals surface area contributed by atoms with Gasteiger partial charge < -0.3 is 0 Å². The summed E-state index contributed by atoms with van der Waals surface area (Å²) in [6, 6.07) is 0.537. The fourth-order valence-corrected chi connectivity index (χ4v) is 6.05. The van der Waals surface area contributed by atoms with Gasteiger partial charge in [0.25, 0.3) is 0 Å². The summed E-state index contributed by atoms with van der Waals surface area (Å²) in [7, 11) is -3.44. The lowest BCUT2D eigenvalue weighted by atomic mass is 9.95. The highest BCUT2D eigenvalue weighted by Crippen LogP contribution is 2.32. The highest BCUT2D eigenvalue weighted by Gasteiger charge is 2.34. The zero-order valence-electron chi connectivity index (χ0n) is 14.4. The summed E-state index contributed by atoms with van der Waals surface area (Å²) in [5.74, 6) is 0. The van der Waals surface area contributed by atoms with E-state index in [9.17, 15) is 8.42 Å². The Morgan fingerprint density at radius 2 is 1.74 bits per heavy atom. The van der Waals surface area contributed by atoms with Crippen molar-refractivity contribution in [2.45, 2.75) is 88.6 Å². The minimum absolute atomic E-state index is 0.160. The van der Waals surface area contributed by atoms with Gasteiger partial charge in [-0.1, -0.05) is 39.0 Å². The molecule has 1 aromatic heterocycles. The number of aromatic nitrogens is 2. The summed E-state index contributed by atoms with van der Waals surface area (Å²) >= 11 is 0. The van der Waals surface area contributed by atoms with E-state index in [4.69, 9.17) is 0 Å². The molecule has 2 aliphatic carbocycles. The molecule has 130 valence electrons. The van der Waals surface area contributed by atoms with Crippen molar-refractivity contribution in [1.82, 2.24) is 14.1 Å². The van der Waals surface area contributed by atoms with Crippen LogP contribution < -0.4 is 0 Å². The smallest absolute Gasteiger partial charge is 0.246 e. The fraction of sp³-hybridized carbons (Fsp3) is 0.824. The van der Waals surface area contributed by atoms with Gasteiger partial charge in [-0.3, -0.25) is 4.68 Å². The molecule has 0 aliphatic heterocycles. The van der Waals surface area contributed by atoms with Crippen molar-refractivity contribution >= 4 is 10.0 Å². The Bertz CT molecular complexity index is 626. The van der Waals surface area contributed by atoms with Crippen LogP contribution in [0.4, 0.5) is 0 Å². The number of hydrogen-bond acceptors (Lipinski definition) is 3. The molecule has 2 aliphatic rings. The van der Waals surface area contributed by atoms with Gasteiger partial charge in [-0.25, -0.2) is 8.42 Å². The minimum Gasteiger partial charge on any atom is -0.268 e. The third-order valence-corrected chi connectivity index (χ3v) is 7.58. The monoisotopic (exact) mass is 339 g/mol. The molecule has 6 heteroatoms. The molecule has 0 amide bonds. The van der Waals surface area contributed by atoms with Crippen LogP contribution in [0.25, 0.3) is 0 Å². The molecule has 0 radical (unpaired) electrons. The standard InChI is InChI=1S/C17H29N3O2S/c1-3-20(16-11-5-4-6-12-16)23(21,22)17-13-19(18-14(17)2)15-9-7-8-10-15/h13,15-16H,3-12H2,1-2H3. The van der Waals surface area contributed by atoms with E-state index in [0.717, 1.165) is 38.5 Å². The summed E-state index contributed by atoms with van der Waals surface area (Å²) in [4.78, 5) is 0.414. The van der Waals surface area contributed by atoms with Gasteiger partial charge in [-0.15, -0.1) is 0 Å². The van der Waals surface area contributed by atoms with Crippen molar-refractivity contribution in [3.05, 3.63) is 11.9 Å². The predicted molar refractivity (Wildman–Crippen MR) is 90.9 cm³/mol. The maximum atomic E-state index is 13.2. The second-order valence-corrected chi connectivity index (χ2v) is 8.86. The van der Waals surface area contributed by atoms with Crippen LogP contribution in [-0.2, 0) is 10.0 Å². The minimum atomic E-state index is -3.44. The molecule has 0 N–H and O–H groups in total. The van der Waals surface area contributed by atoms with E-state index in [1.54, 1.807) is 10.5 Å². The zero-order chi connectivity index (χ0) is 16.4. The molecule has 1 heterocycles. The van der Waals surface area contributed by atoms with E-state index in [1.165, 1.54) is 19.3 Å². The summed E-state index contributed by atoms with van der Waals surface area (Å²) in [5.41, 5.74) is 0.645. The Kier molecular flexibility index (Phi) is 5.11. The van der Waals surface area contributed by atoms with Crippen molar-refractivity contribution < 1.29 is 8.42 Å². The van der Waals surface area contributed by atoms with Crippen LogP contribution in [-0.4, -0.2) is 35.1 Å². The maximum absolute atomic E-state index is 13.2. The first-order chi connectivity index (χ1) is 11.0. The molecular formula is C17H29N3O2S. The Morgan fingerprint density at radius 1 is 1.13 bits per heavy atom. The number of hydrogen-bond donors (Lipinski definition) is 0. The molecule has 0 aromatic carbocycles. The first kappa shape index (κ1) is 17.0. The quantitative estimate of drug-likeness (QED) is 0.823. The van der Waals surface area contributed by atoms with Crippen molar-refractivity contribution in [2.75, 3.05) is 6.54 Å².